The number of thioether (sulfide) groups is 1. The van der Waals surface area contributed by atoms with Crippen LogP contribution in [0.5, 0.6) is 0 Å². The highest BCUT2D eigenvalue weighted by molar-refractivity contribution is 7.99. The van der Waals surface area contributed by atoms with Crippen molar-refractivity contribution >= 4 is 34.0 Å². The zero-order valence-corrected chi connectivity index (χ0v) is 14.0. The van der Waals surface area contributed by atoms with Crippen molar-refractivity contribution in [3.8, 4) is 0 Å². The Bertz CT molecular complexity index is 727. The van der Waals surface area contributed by atoms with Crippen LogP contribution in [0.4, 0.5) is 0 Å². The van der Waals surface area contributed by atoms with E-state index in [1.807, 2.05) is 10.3 Å². The Hall–Kier alpha value is -1.38. The first kappa shape index (κ1) is 15.5. The first-order valence-electron chi connectivity index (χ1n) is 7.19. The SMILES string of the molecule is C[C@@H]1CNCCN1C(=O)CSCc1cc(=O)n2ccsc2n1. The molecule has 0 saturated carbocycles. The molecule has 1 aliphatic heterocycles. The minimum absolute atomic E-state index is 0.0658. The van der Waals surface area contributed by atoms with Gasteiger partial charge in [0, 0.05) is 49.1 Å². The van der Waals surface area contributed by atoms with Gasteiger partial charge in [0.2, 0.25) is 5.91 Å². The molecular weight excluding hydrogens is 320 g/mol. The number of piperazine rings is 1. The average Bonchev–Trinajstić information content (AvgIpc) is 2.96. The molecule has 118 valence electrons. The lowest BCUT2D eigenvalue weighted by Crippen LogP contribution is -2.52. The maximum atomic E-state index is 12.2. The van der Waals surface area contributed by atoms with Gasteiger partial charge in [-0.2, -0.15) is 0 Å². The van der Waals surface area contributed by atoms with E-state index in [4.69, 9.17) is 0 Å². The summed E-state index contributed by atoms with van der Waals surface area (Å²) < 4.78 is 1.53. The van der Waals surface area contributed by atoms with Crippen LogP contribution in [0.15, 0.2) is 22.4 Å². The zero-order valence-electron chi connectivity index (χ0n) is 12.3. The second kappa shape index (κ2) is 6.80. The van der Waals surface area contributed by atoms with Gasteiger partial charge in [0.1, 0.15) is 0 Å². The number of aromatic nitrogens is 2. The summed E-state index contributed by atoms with van der Waals surface area (Å²) in [6.07, 6.45) is 1.72. The number of nitrogens with zero attached hydrogens (tertiary/aromatic N) is 3. The molecule has 2 aromatic heterocycles. The molecule has 0 aliphatic carbocycles. The summed E-state index contributed by atoms with van der Waals surface area (Å²) in [6.45, 7) is 4.53. The number of amides is 1. The molecule has 1 N–H and O–H groups in total. The van der Waals surface area contributed by atoms with Crippen LogP contribution in [-0.2, 0) is 10.5 Å². The van der Waals surface area contributed by atoms with E-state index in [1.54, 1.807) is 12.3 Å². The summed E-state index contributed by atoms with van der Waals surface area (Å²) >= 11 is 2.95. The molecule has 0 spiro atoms. The molecule has 0 unspecified atom stereocenters. The van der Waals surface area contributed by atoms with Gasteiger partial charge in [-0.3, -0.25) is 14.0 Å². The van der Waals surface area contributed by atoms with E-state index in [-0.39, 0.29) is 17.5 Å². The van der Waals surface area contributed by atoms with Gasteiger partial charge in [-0.05, 0) is 6.92 Å². The number of nitrogens with one attached hydrogen (secondary N) is 1. The van der Waals surface area contributed by atoms with Crippen molar-refractivity contribution in [2.45, 2.75) is 18.7 Å². The van der Waals surface area contributed by atoms with E-state index in [0.29, 0.717) is 16.5 Å². The predicted octanol–water partition coefficient (Wildman–Crippen LogP) is 0.809. The van der Waals surface area contributed by atoms with Gasteiger partial charge in [-0.15, -0.1) is 23.1 Å². The largest absolute Gasteiger partial charge is 0.337 e. The standard InChI is InChI=1S/C14H18N4O2S2/c1-10-7-15-2-3-17(10)13(20)9-21-8-11-6-12(19)18-4-5-22-14(18)16-11/h4-6,10,15H,2-3,7-9H2,1H3/t10-/m1/s1. The zero-order chi connectivity index (χ0) is 15.5. The fourth-order valence-electron chi connectivity index (χ4n) is 2.50. The van der Waals surface area contributed by atoms with Crippen molar-refractivity contribution in [3.63, 3.8) is 0 Å². The van der Waals surface area contributed by atoms with Crippen molar-refractivity contribution < 1.29 is 4.79 Å². The minimum atomic E-state index is -0.0658. The van der Waals surface area contributed by atoms with Gasteiger partial charge in [-0.25, -0.2) is 4.98 Å². The van der Waals surface area contributed by atoms with Gasteiger partial charge in [0.15, 0.2) is 4.96 Å². The molecule has 0 bridgehead atoms. The van der Waals surface area contributed by atoms with Gasteiger partial charge < -0.3 is 10.2 Å². The fourth-order valence-corrected chi connectivity index (χ4v) is 4.04. The predicted molar refractivity (Wildman–Crippen MR) is 89.5 cm³/mol. The van der Waals surface area contributed by atoms with Crippen LogP contribution < -0.4 is 10.9 Å². The molecule has 1 amide bonds. The third-order valence-electron chi connectivity index (χ3n) is 3.65. The van der Waals surface area contributed by atoms with Gasteiger partial charge in [0.25, 0.3) is 5.56 Å². The van der Waals surface area contributed by atoms with E-state index in [2.05, 4.69) is 17.2 Å². The molecule has 1 saturated heterocycles. The van der Waals surface area contributed by atoms with Crippen molar-refractivity contribution in [2.24, 2.45) is 0 Å². The molecule has 0 aromatic carbocycles. The summed E-state index contributed by atoms with van der Waals surface area (Å²) in [5.74, 6) is 1.17. The van der Waals surface area contributed by atoms with Gasteiger partial charge in [0.05, 0.1) is 11.4 Å². The minimum Gasteiger partial charge on any atom is -0.337 e. The summed E-state index contributed by atoms with van der Waals surface area (Å²) in [5, 5.41) is 5.12. The van der Waals surface area contributed by atoms with Crippen molar-refractivity contribution in [2.75, 3.05) is 25.4 Å². The van der Waals surface area contributed by atoms with Crippen LogP contribution in [0, 0.1) is 0 Å². The number of fused-ring (bicyclic) bond motifs is 1. The number of rotatable bonds is 4. The van der Waals surface area contributed by atoms with E-state index >= 15 is 0 Å². The van der Waals surface area contributed by atoms with Gasteiger partial charge in [-0.1, -0.05) is 0 Å². The number of hydrogen-bond acceptors (Lipinski definition) is 6. The first-order chi connectivity index (χ1) is 10.6. The number of carbonyl (C=O) groups is 1. The van der Waals surface area contributed by atoms with Crippen LogP contribution in [0.25, 0.3) is 4.96 Å². The molecule has 0 radical (unpaired) electrons. The van der Waals surface area contributed by atoms with Crippen LogP contribution in [0.2, 0.25) is 0 Å². The summed E-state index contributed by atoms with van der Waals surface area (Å²) in [5.41, 5.74) is 0.669. The third kappa shape index (κ3) is 3.34. The van der Waals surface area contributed by atoms with Crippen LogP contribution in [-0.4, -0.2) is 51.6 Å². The molecule has 22 heavy (non-hydrogen) atoms. The molecule has 2 aromatic rings. The lowest BCUT2D eigenvalue weighted by atomic mass is 10.2. The second-order valence-electron chi connectivity index (χ2n) is 5.27. The van der Waals surface area contributed by atoms with Crippen LogP contribution in [0.3, 0.4) is 0 Å². The maximum Gasteiger partial charge on any atom is 0.258 e. The van der Waals surface area contributed by atoms with Crippen molar-refractivity contribution in [1.29, 1.82) is 0 Å². The monoisotopic (exact) mass is 338 g/mol. The summed E-state index contributed by atoms with van der Waals surface area (Å²) in [7, 11) is 0. The highest BCUT2D eigenvalue weighted by Crippen LogP contribution is 2.14. The van der Waals surface area contributed by atoms with Crippen molar-refractivity contribution in [3.05, 3.63) is 33.7 Å². The molecule has 6 nitrogen and oxygen atoms in total. The second-order valence-corrected chi connectivity index (χ2v) is 7.13. The number of hydrogen-bond donors (Lipinski definition) is 1. The van der Waals surface area contributed by atoms with E-state index in [9.17, 15) is 9.59 Å². The summed E-state index contributed by atoms with van der Waals surface area (Å²) in [4.78, 5) is 31.2. The molecule has 1 atom stereocenters. The van der Waals surface area contributed by atoms with Crippen LogP contribution in [0.1, 0.15) is 12.6 Å². The molecule has 1 aliphatic rings. The van der Waals surface area contributed by atoms with E-state index in [1.165, 1.54) is 27.5 Å². The Labute approximate surface area is 136 Å². The third-order valence-corrected chi connectivity index (χ3v) is 5.36. The fraction of sp³-hybridized carbons (Fsp3) is 0.500. The van der Waals surface area contributed by atoms with E-state index in [0.717, 1.165) is 25.3 Å². The Kier molecular flexibility index (Phi) is 4.80. The topological polar surface area (TPSA) is 66.7 Å². The smallest absolute Gasteiger partial charge is 0.258 e. The normalized spacial score (nSPS) is 18.8. The molecule has 8 heteroatoms. The Morgan fingerprint density at radius 2 is 2.45 bits per heavy atom. The lowest BCUT2D eigenvalue weighted by molar-refractivity contribution is -0.131. The molecule has 1 fully saturated rings. The molecular formula is C14H18N4O2S2. The van der Waals surface area contributed by atoms with Crippen LogP contribution >= 0.6 is 23.1 Å². The lowest BCUT2D eigenvalue weighted by Gasteiger charge is -2.33. The van der Waals surface area contributed by atoms with E-state index < -0.39 is 0 Å². The Morgan fingerprint density at radius 1 is 1.59 bits per heavy atom. The quantitative estimate of drug-likeness (QED) is 0.894. The maximum absolute atomic E-state index is 12.2. The molecule has 3 rings (SSSR count). The summed E-state index contributed by atoms with van der Waals surface area (Å²) in [6, 6.07) is 1.79. The van der Waals surface area contributed by atoms with Crippen molar-refractivity contribution in [1.82, 2.24) is 19.6 Å². The number of carbonyl (C=O) groups excluding carboxylic acids is 1. The Morgan fingerprint density at radius 3 is 3.27 bits per heavy atom. The first-order valence-corrected chi connectivity index (χ1v) is 9.22. The number of thiazole rings is 1. The highest BCUT2D eigenvalue weighted by atomic mass is 32.2. The van der Waals surface area contributed by atoms with Gasteiger partial charge >= 0.3 is 0 Å². The average molecular weight is 338 g/mol. The Balaban J connectivity index is 1.57. The highest BCUT2D eigenvalue weighted by Gasteiger charge is 2.22. The molecule has 3 heterocycles.